The molecular weight excluding hydrogens is 436 g/mol. The van der Waals surface area contributed by atoms with E-state index in [-0.39, 0.29) is 21.7 Å². The second-order valence-electron chi connectivity index (χ2n) is 7.66. The fourth-order valence-corrected chi connectivity index (χ4v) is 5.25. The van der Waals surface area contributed by atoms with Gasteiger partial charge in [-0.15, -0.1) is 0 Å². The maximum absolute atomic E-state index is 12.8. The minimum Gasteiger partial charge on any atom is -0.465 e. The maximum atomic E-state index is 12.8. The summed E-state index contributed by atoms with van der Waals surface area (Å²) in [5.41, 5.74) is 1.45. The number of H-pyrrole nitrogens is 1. The first-order chi connectivity index (χ1) is 15.1. The largest absolute Gasteiger partial charge is 0.465 e. The Kier molecular flexibility index (Phi) is 6.85. The van der Waals surface area contributed by atoms with E-state index in [1.165, 1.54) is 42.6 Å². The Morgan fingerprint density at radius 3 is 2.19 bits per heavy atom. The summed E-state index contributed by atoms with van der Waals surface area (Å²) in [5.74, 6) is -1.82. The average molecular weight is 463 g/mol. The lowest BCUT2D eigenvalue weighted by Crippen LogP contribution is -2.28. The van der Waals surface area contributed by atoms with Crippen molar-refractivity contribution in [2.45, 2.75) is 44.6 Å². The Balaban J connectivity index is 1.72. The lowest BCUT2D eigenvalue weighted by Gasteiger charge is -2.16. The van der Waals surface area contributed by atoms with Crippen LogP contribution in [0.2, 0.25) is 0 Å². The summed E-state index contributed by atoms with van der Waals surface area (Å²) in [6.45, 7) is 5.66. The summed E-state index contributed by atoms with van der Waals surface area (Å²) in [4.78, 5) is 40.2. The number of sulfonamides is 1. The van der Waals surface area contributed by atoms with Gasteiger partial charge in [0.1, 0.15) is 0 Å². The van der Waals surface area contributed by atoms with Crippen LogP contribution in [-0.4, -0.2) is 61.7 Å². The van der Waals surface area contributed by atoms with Crippen LogP contribution in [0.4, 0.5) is 0 Å². The molecule has 0 spiro atoms. The molecule has 1 atom stereocenters. The van der Waals surface area contributed by atoms with Crippen LogP contribution in [0.1, 0.15) is 62.2 Å². The Bertz CT molecular complexity index is 1140. The highest BCUT2D eigenvalue weighted by Gasteiger charge is 2.29. The minimum absolute atomic E-state index is 0.105. The number of aromatic nitrogens is 1. The van der Waals surface area contributed by atoms with Gasteiger partial charge >= 0.3 is 11.9 Å². The van der Waals surface area contributed by atoms with Crippen LogP contribution in [0, 0.1) is 13.8 Å². The van der Waals surface area contributed by atoms with Gasteiger partial charge in [0, 0.05) is 18.8 Å². The number of nitrogens with zero attached hydrogens (tertiary/aromatic N) is 1. The second-order valence-corrected chi connectivity index (χ2v) is 9.60. The number of nitrogens with one attached hydrogen (secondary N) is 1. The number of ketones is 1. The standard InChI is InChI=1S/C22H26N2O7S/c1-13-18(22(27)30-4)14(2)23-19(13)20(25)15(3)31-21(26)16-7-9-17(10-8-16)32(28,29)24-11-5-6-12-24/h7-10,15,23H,5-6,11-12H2,1-4H3. The quantitative estimate of drug-likeness (QED) is 0.496. The Morgan fingerprint density at radius 1 is 1.03 bits per heavy atom. The molecule has 32 heavy (non-hydrogen) atoms. The van der Waals surface area contributed by atoms with E-state index >= 15 is 0 Å². The molecule has 1 saturated heterocycles. The summed E-state index contributed by atoms with van der Waals surface area (Å²) in [7, 11) is -2.33. The minimum atomic E-state index is -3.58. The third-order valence-corrected chi connectivity index (χ3v) is 7.43. The van der Waals surface area contributed by atoms with Crippen molar-refractivity contribution in [1.29, 1.82) is 0 Å². The molecule has 0 amide bonds. The van der Waals surface area contributed by atoms with Gasteiger partial charge in [-0.3, -0.25) is 4.79 Å². The zero-order valence-electron chi connectivity index (χ0n) is 18.4. The first-order valence-corrected chi connectivity index (χ1v) is 11.6. The number of ether oxygens (including phenoxy) is 2. The Hall–Kier alpha value is -2.98. The summed E-state index contributed by atoms with van der Waals surface area (Å²) >= 11 is 0. The lowest BCUT2D eigenvalue weighted by atomic mass is 10.1. The van der Waals surface area contributed by atoms with E-state index in [1.807, 2.05) is 0 Å². The molecule has 0 bridgehead atoms. The summed E-state index contributed by atoms with van der Waals surface area (Å²) in [5, 5.41) is 0. The van der Waals surface area contributed by atoms with E-state index in [9.17, 15) is 22.8 Å². The molecule has 1 aromatic carbocycles. The van der Waals surface area contributed by atoms with Crippen LogP contribution in [-0.2, 0) is 19.5 Å². The molecule has 1 aliphatic heterocycles. The first-order valence-electron chi connectivity index (χ1n) is 10.2. The molecule has 1 N–H and O–H groups in total. The molecule has 0 aliphatic carbocycles. The molecule has 0 radical (unpaired) electrons. The number of carbonyl (C=O) groups excluding carboxylic acids is 3. The number of rotatable bonds is 7. The number of aromatic amines is 1. The molecule has 172 valence electrons. The molecule has 1 aliphatic rings. The van der Waals surface area contributed by atoms with Crippen LogP contribution in [0.5, 0.6) is 0 Å². The number of carbonyl (C=O) groups is 3. The van der Waals surface area contributed by atoms with Gasteiger partial charge in [0.25, 0.3) is 0 Å². The number of hydrogen-bond donors (Lipinski definition) is 1. The molecule has 1 fully saturated rings. The SMILES string of the molecule is COC(=O)c1c(C)[nH]c(C(=O)C(C)OC(=O)c2ccc(S(=O)(=O)N3CCCC3)cc2)c1C. The highest BCUT2D eigenvalue weighted by Crippen LogP contribution is 2.23. The van der Waals surface area contributed by atoms with Crippen LogP contribution >= 0.6 is 0 Å². The number of Topliss-reactive ketones (excluding diaryl/α,β-unsaturated/α-hetero) is 1. The number of esters is 2. The molecule has 2 heterocycles. The number of methoxy groups -OCH3 is 1. The van der Waals surface area contributed by atoms with Crippen molar-refractivity contribution >= 4 is 27.7 Å². The number of aryl methyl sites for hydroxylation is 1. The lowest BCUT2D eigenvalue weighted by molar-refractivity contribution is 0.0316. The molecule has 9 nitrogen and oxygen atoms in total. The highest BCUT2D eigenvalue weighted by molar-refractivity contribution is 7.89. The summed E-state index contributed by atoms with van der Waals surface area (Å²) in [6, 6.07) is 5.44. The van der Waals surface area contributed by atoms with E-state index in [4.69, 9.17) is 9.47 Å². The number of hydrogen-bond acceptors (Lipinski definition) is 7. The molecule has 10 heteroatoms. The monoisotopic (exact) mass is 462 g/mol. The van der Waals surface area contributed by atoms with Gasteiger partial charge in [0.05, 0.1) is 28.8 Å². The molecule has 3 rings (SSSR count). The average Bonchev–Trinajstić information content (AvgIpc) is 3.41. The van der Waals surface area contributed by atoms with E-state index < -0.39 is 33.8 Å². The molecular formula is C22H26N2O7S. The highest BCUT2D eigenvalue weighted by atomic mass is 32.2. The van der Waals surface area contributed by atoms with Crippen LogP contribution in [0.25, 0.3) is 0 Å². The first kappa shape index (κ1) is 23.7. The van der Waals surface area contributed by atoms with Crippen LogP contribution in [0.3, 0.4) is 0 Å². The van der Waals surface area contributed by atoms with Crippen molar-refractivity contribution in [3.63, 3.8) is 0 Å². The predicted octanol–water partition coefficient (Wildman–Crippen LogP) is 2.63. The van der Waals surface area contributed by atoms with E-state index in [0.29, 0.717) is 24.3 Å². The molecule has 0 saturated carbocycles. The van der Waals surface area contributed by atoms with E-state index in [0.717, 1.165) is 12.8 Å². The Morgan fingerprint density at radius 2 is 1.62 bits per heavy atom. The zero-order chi connectivity index (χ0) is 23.6. The normalized spacial score (nSPS) is 15.4. The van der Waals surface area contributed by atoms with Crippen molar-refractivity contribution in [2.75, 3.05) is 20.2 Å². The third kappa shape index (κ3) is 4.46. The number of benzene rings is 1. The van der Waals surface area contributed by atoms with Crippen LogP contribution < -0.4 is 0 Å². The smallest absolute Gasteiger partial charge is 0.339 e. The zero-order valence-corrected chi connectivity index (χ0v) is 19.2. The third-order valence-electron chi connectivity index (χ3n) is 5.52. The van der Waals surface area contributed by atoms with E-state index in [1.54, 1.807) is 13.8 Å². The Labute approximate surface area is 186 Å². The maximum Gasteiger partial charge on any atom is 0.339 e. The van der Waals surface area contributed by atoms with Crippen molar-refractivity contribution in [3.05, 3.63) is 52.3 Å². The van der Waals surface area contributed by atoms with Crippen molar-refractivity contribution < 1.29 is 32.3 Å². The predicted molar refractivity (Wildman–Crippen MR) is 115 cm³/mol. The van der Waals surface area contributed by atoms with Crippen molar-refractivity contribution in [2.24, 2.45) is 0 Å². The molecule has 1 unspecified atom stereocenters. The molecule has 2 aromatic rings. The van der Waals surface area contributed by atoms with Gasteiger partial charge in [-0.1, -0.05) is 0 Å². The fourth-order valence-electron chi connectivity index (χ4n) is 3.73. The van der Waals surface area contributed by atoms with Gasteiger partial charge in [0.2, 0.25) is 15.8 Å². The second kappa shape index (κ2) is 9.25. The van der Waals surface area contributed by atoms with Gasteiger partial charge < -0.3 is 14.5 Å². The summed E-state index contributed by atoms with van der Waals surface area (Å²) < 4.78 is 36.6. The fraction of sp³-hybridized carbons (Fsp3) is 0.409. The van der Waals surface area contributed by atoms with Crippen molar-refractivity contribution in [3.8, 4) is 0 Å². The van der Waals surface area contributed by atoms with Gasteiger partial charge in [-0.25, -0.2) is 18.0 Å². The van der Waals surface area contributed by atoms with Gasteiger partial charge in [-0.2, -0.15) is 4.31 Å². The molecule has 1 aromatic heterocycles. The van der Waals surface area contributed by atoms with Crippen molar-refractivity contribution in [1.82, 2.24) is 9.29 Å². The van der Waals surface area contributed by atoms with E-state index in [2.05, 4.69) is 4.98 Å². The van der Waals surface area contributed by atoms with Gasteiger partial charge in [-0.05, 0) is 63.4 Å². The van der Waals surface area contributed by atoms with Crippen LogP contribution in [0.15, 0.2) is 29.2 Å². The van der Waals surface area contributed by atoms with Gasteiger partial charge in [0.15, 0.2) is 6.10 Å². The summed E-state index contributed by atoms with van der Waals surface area (Å²) in [6.07, 6.45) is 0.533. The topological polar surface area (TPSA) is 123 Å².